The molecule has 0 unspecified atom stereocenters. The summed E-state index contributed by atoms with van der Waals surface area (Å²) < 4.78 is 1.86. The molecule has 25 heavy (non-hydrogen) atoms. The van der Waals surface area contributed by atoms with Crippen molar-refractivity contribution in [1.29, 1.82) is 5.26 Å². The summed E-state index contributed by atoms with van der Waals surface area (Å²) in [7, 11) is 0. The summed E-state index contributed by atoms with van der Waals surface area (Å²) in [5.41, 5.74) is 3.50. The predicted molar refractivity (Wildman–Crippen MR) is 112 cm³/mol. The molecule has 1 aromatic heterocycles. The van der Waals surface area contributed by atoms with Gasteiger partial charge in [0.2, 0.25) is 0 Å². The second-order valence-corrected chi connectivity index (χ2v) is 7.84. The fourth-order valence-corrected chi connectivity index (χ4v) is 3.73. The molecule has 0 aliphatic rings. The highest BCUT2D eigenvalue weighted by molar-refractivity contribution is 9.12. The minimum absolute atomic E-state index is 0.535. The standard InChI is InChI=1S/C20H12Br2N2S/c21-17-8-6-15(7-9-17)19-13-25-20(24-19)16(12-23)11-18(22)10-14-4-2-1-3-5-14/h1-11,13H/b16-11+,18-10+. The van der Waals surface area contributed by atoms with Crippen LogP contribution in [-0.2, 0) is 0 Å². The molecule has 0 radical (unpaired) electrons. The van der Waals surface area contributed by atoms with Crippen molar-refractivity contribution in [2.45, 2.75) is 0 Å². The maximum Gasteiger partial charge on any atom is 0.134 e. The van der Waals surface area contributed by atoms with Gasteiger partial charge >= 0.3 is 0 Å². The number of thiazole rings is 1. The molecule has 0 fully saturated rings. The molecule has 0 saturated heterocycles. The van der Waals surface area contributed by atoms with E-state index in [-0.39, 0.29) is 0 Å². The molecule has 0 bridgehead atoms. The van der Waals surface area contributed by atoms with Gasteiger partial charge in [-0.15, -0.1) is 11.3 Å². The Morgan fingerprint density at radius 1 is 1.08 bits per heavy atom. The number of hydrogen-bond acceptors (Lipinski definition) is 3. The Morgan fingerprint density at radius 2 is 1.80 bits per heavy atom. The molecule has 0 aliphatic carbocycles. The van der Waals surface area contributed by atoms with Gasteiger partial charge in [0.25, 0.3) is 0 Å². The van der Waals surface area contributed by atoms with Gasteiger partial charge in [-0.05, 0) is 29.8 Å². The van der Waals surface area contributed by atoms with Gasteiger partial charge < -0.3 is 0 Å². The molecule has 3 aromatic rings. The van der Waals surface area contributed by atoms with Crippen LogP contribution in [-0.4, -0.2) is 4.98 Å². The van der Waals surface area contributed by atoms with Crippen LogP contribution in [0.3, 0.4) is 0 Å². The van der Waals surface area contributed by atoms with E-state index in [1.54, 1.807) is 6.08 Å². The number of benzene rings is 2. The van der Waals surface area contributed by atoms with E-state index in [4.69, 9.17) is 0 Å². The summed E-state index contributed by atoms with van der Waals surface area (Å²) >= 11 is 8.42. The molecule has 0 amide bonds. The summed E-state index contributed by atoms with van der Waals surface area (Å²) in [6, 6.07) is 20.2. The Labute approximate surface area is 167 Å². The first-order valence-corrected chi connectivity index (χ1v) is 9.88. The van der Waals surface area contributed by atoms with Crippen molar-refractivity contribution in [2.75, 3.05) is 0 Å². The van der Waals surface area contributed by atoms with E-state index < -0.39 is 0 Å². The fourth-order valence-electron chi connectivity index (χ4n) is 2.18. The zero-order valence-corrected chi connectivity index (χ0v) is 17.0. The average molecular weight is 472 g/mol. The number of aromatic nitrogens is 1. The van der Waals surface area contributed by atoms with Gasteiger partial charge in [-0.25, -0.2) is 4.98 Å². The summed E-state index contributed by atoms with van der Waals surface area (Å²) in [6.45, 7) is 0. The zero-order chi connectivity index (χ0) is 17.6. The van der Waals surface area contributed by atoms with E-state index in [9.17, 15) is 5.26 Å². The molecule has 122 valence electrons. The van der Waals surface area contributed by atoms with Crippen LogP contribution in [0.4, 0.5) is 0 Å². The number of hydrogen-bond donors (Lipinski definition) is 0. The third-order valence-corrected chi connectivity index (χ3v) is 5.24. The van der Waals surface area contributed by atoms with E-state index in [0.717, 1.165) is 25.8 Å². The second kappa shape index (κ2) is 8.39. The van der Waals surface area contributed by atoms with E-state index in [0.29, 0.717) is 10.6 Å². The van der Waals surface area contributed by atoms with E-state index >= 15 is 0 Å². The van der Waals surface area contributed by atoms with E-state index in [1.165, 1.54) is 11.3 Å². The van der Waals surface area contributed by atoms with Crippen molar-refractivity contribution in [3.63, 3.8) is 0 Å². The minimum Gasteiger partial charge on any atom is -0.235 e. The molecular formula is C20H12Br2N2S. The van der Waals surface area contributed by atoms with Gasteiger partial charge in [-0.3, -0.25) is 0 Å². The van der Waals surface area contributed by atoms with Crippen LogP contribution < -0.4 is 0 Å². The highest BCUT2D eigenvalue weighted by Gasteiger charge is 2.09. The van der Waals surface area contributed by atoms with Crippen LogP contribution in [0.25, 0.3) is 22.9 Å². The largest absolute Gasteiger partial charge is 0.235 e. The first kappa shape index (κ1) is 17.8. The van der Waals surface area contributed by atoms with Crippen molar-refractivity contribution < 1.29 is 0 Å². The molecule has 1 heterocycles. The fraction of sp³-hybridized carbons (Fsp3) is 0. The molecule has 0 saturated carbocycles. The van der Waals surface area contributed by atoms with Gasteiger partial charge in [-0.1, -0.05) is 74.3 Å². The lowest BCUT2D eigenvalue weighted by Gasteiger charge is -1.97. The summed E-state index contributed by atoms with van der Waals surface area (Å²) in [5.74, 6) is 0. The quantitative estimate of drug-likeness (QED) is 0.306. The average Bonchev–Trinajstić information content (AvgIpc) is 3.11. The first-order chi connectivity index (χ1) is 12.2. The predicted octanol–water partition coefficient (Wildman–Crippen LogP) is 6.92. The Bertz CT molecular complexity index is 965. The van der Waals surface area contributed by atoms with Gasteiger partial charge in [0.1, 0.15) is 11.1 Å². The van der Waals surface area contributed by atoms with Crippen LogP contribution in [0.2, 0.25) is 0 Å². The van der Waals surface area contributed by atoms with Gasteiger partial charge in [0.15, 0.2) is 0 Å². The number of nitrogens with zero attached hydrogens (tertiary/aromatic N) is 2. The summed E-state index contributed by atoms with van der Waals surface area (Å²) in [6.07, 6.45) is 3.78. The number of nitriles is 1. The Balaban J connectivity index is 1.88. The van der Waals surface area contributed by atoms with Crippen LogP contribution in [0.1, 0.15) is 10.6 Å². The summed E-state index contributed by atoms with van der Waals surface area (Å²) in [5, 5.41) is 12.2. The lowest BCUT2D eigenvalue weighted by molar-refractivity contribution is 1.36. The van der Waals surface area contributed by atoms with Crippen molar-refractivity contribution in [2.24, 2.45) is 0 Å². The molecule has 0 spiro atoms. The summed E-state index contributed by atoms with van der Waals surface area (Å²) in [4.78, 5) is 4.61. The van der Waals surface area contributed by atoms with Crippen molar-refractivity contribution in [3.05, 3.63) is 85.6 Å². The zero-order valence-electron chi connectivity index (χ0n) is 13.0. The minimum atomic E-state index is 0.535. The molecular weight excluding hydrogens is 460 g/mol. The van der Waals surface area contributed by atoms with Crippen LogP contribution in [0, 0.1) is 11.3 Å². The molecule has 3 rings (SSSR count). The number of halogens is 2. The van der Waals surface area contributed by atoms with Gasteiger partial charge in [-0.2, -0.15) is 5.26 Å². The van der Waals surface area contributed by atoms with Crippen LogP contribution in [0.15, 0.2) is 75.0 Å². The van der Waals surface area contributed by atoms with Crippen LogP contribution in [0.5, 0.6) is 0 Å². The molecule has 0 N–H and O–H groups in total. The Hall–Kier alpha value is -2.00. The van der Waals surface area contributed by atoms with Crippen LogP contribution >= 0.6 is 43.2 Å². The molecule has 2 nitrogen and oxygen atoms in total. The number of rotatable bonds is 4. The smallest absolute Gasteiger partial charge is 0.134 e. The van der Waals surface area contributed by atoms with Crippen molar-refractivity contribution in [1.82, 2.24) is 4.98 Å². The van der Waals surface area contributed by atoms with E-state index in [2.05, 4.69) is 42.9 Å². The second-order valence-electron chi connectivity index (χ2n) is 5.15. The van der Waals surface area contributed by atoms with Crippen molar-refractivity contribution >= 4 is 54.8 Å². The first-order valence-electron chi connectivity index (χ1n) is 7.41. The Kier molecular flexibility index (Phi) is 5.98. The van der Waals surface area contributed by atoms with Crippen molar-refractivity contribution in [3.8, 4) is 17.3 Å². The van der Waals surface area contributed by atoms with Gasteiger partial charge in [0, 0.05) is 19.9 Å². The van der Waals surface area contributed by atoms with Gasteiger partial charge in [0.05, 0.1) is 11.3 Å². The maximum atomic E-state index is 9.50. The third kappa shape index (κ3) is 4.76. The Morgan fingerprint density at radius 3 is 2.48 bits per heavy atom. The topological polar surface area (TPSA) is 36.7 Å². The lowest BCUT2D eigenvalue weighted by Crippen LogP contribution is -1.83. The van der Waals surface area contributed by atoms with E-state index in [1.807, 2.05) is 66.1 Å². The molecule has 2 aromatic carbocycles. The lowest BCUT2D eigenvalue weighted by atomic mass is 10.2. The maximum absolute atomic E-state index is 9.50. The highest BCUT2D eigenvalue weighted by atomic mass is 79.9. The normalized spacial score (nSPS) is 12.0. The highest BCUT2D eigenvalue weighted by Crippen LogP contribution is 2.28. The number of allylic oxidation sites excluding steroid dienone is 3. The molecule has 5 heteroatoms. The monoisotopic (exact) mass is 470 g/mol. The third-order valence-electron chi connectivity index (χ3n) is 3.38. The molecule has 0 aliphatic heterocycles. The molecule has 0 atom stereocenters. The SMILES string of the molecule is N#C/C(=C\C(Br)=C/c1ccccc1)c1nc(-c2ccc(Br)cc2)cs1.